The van der Waals surface area contributed by atoms with Crippen molar-refractivity contribution in [3.05, 3.63) is 47.2 Å². The number of nitrogens with two attached hydrogens (primary N) is 1. The van der Waals surface area contributed by atoms with Crippen LogP contribution >= 0.6 is 0 Å². The normalized spacial score (nSPS) is 30.9. The van der Waals surface area contributed by atoms with Crippen molar-refractivity contribution in [1.29, 1.82) is 0 Å². The molecule has 3 unspecified atom stereocenters. The van der Waals surface area contributed by atoms with E-state index in [0.29, 0.717) is 22.6 Å². The smallest absolute Gasteiger partial charge is 0.230 e. The van der Waals surface area contributed by atoms with E-state index >= 15 is 0 Å². The number of fused-ring (bicyclic) bond motifs is 3. The fraction of sp³-hybridized carbons (Fsp3) is 0.483. The minimum Gasteiger partial charge on any atom is -0.507 e. The van der Waals surface area contributed by atoms with Crippen molar-refractivity contribution in [2.45, 2.75) is 37.1 Å². The number of phenols is 1. The van der Waals surface area contributed by atoms with E-state index in [2.05, 4.69) is 10.3 Å². The Morgan fingerprint density at radius 3 is 2.46 bits per heavy atom. The zero-order valence-electron chi connectivity index (χ0n) is 23.4. The van der Waals surface area contributed by atoms with E-state index in [1.54, 1.807) is 49.5 Å². The third kappa shape index (κ3) is 4.28. The van der Waals surface area contributed by atoms with Crippen LogP contribution in [0, 0.1) is 23.7 Å². The number of likely N-dealkylation sites (N-methyl/N-ethyl adjacent to an activating group) is 1. The lowest BCUT2D eigenvalue weighted by molar-refractivity contribution is -0.190. The quantitative estimate of drug-likeness (QED) is 0.290. The Labute approximate surface area is 237 Å². The molecule has 3 aliphatic rings. The Hall–Kier alpha value is -3.87. The third-order valence-electron chi connectivity index (χ3n) is 8.95. The summed E-state index contributed by atoms with van der Waals surface area (Å²) in [5.74, 6) is -8.68. The van der Waals surface area contributed by atoms with Crippen LogP contribution < -0.4 is 16.0 Å². The van der Waals surface area contributed by atoms with E-state index in [0.717, 1.165) is 0 Å². The molecule has 12 nitrogen and oxygen atoms in total. The van der Waals surface area contributed by atoms with Gasteiger partial charge in [0, 0.05) is 50.0 Å². The molecule has 12 heteroatoms. The number of nitrogens with one attached hydrogen (secondary N) is 1. The average molecular weight is 566 g/mol. The van der Waals surface area contributed by atoms with Gasteiger partial charge < -0.3 is 36.2 Å². The summed E-state index contributed by atoms with van der Waals surface area (Å²) in [6.07, 6.45) is 0.368. The number of nitrogens with zero attached hydrogens (tertiary/aromatic N) is 3. The number of carbonyl (C=O) groups excluding carboxylic acids is 4. The molecule has 0 saturated heterocycles. The minimum atomic E-state index is -2.69. The van der Waals surface area contributed by atoms with Gasteiger partial charge in [0.25, 0.3) is 0 Å². The summed E-state index contributed by atoms with van der Waals surface area (Å²) in [6.45, 7) is 0.138. The number of aliphatic hydroxyl groups is 2. The van der Waals surface area contributed by atoms with Crippen molar-refractivity contribution in [1.82, 2.24) is 9.88 Å². The summed E-state index contributed by atoms with van der Waals surface area (Å²) in [7, 11) is 6.85. The first-order valence-electron chi connectivity index (χ1n) is 13.5. The molecule has 218 valence electrons. The number of rotatable bonds is 6. The Morgan fingerprint density at radius 1 is 1.17 bits per heavy atom. The molecule has 1 amide bonds. The highest BCUT2D eigenvalue weighted by molar-refractivity contribution is 6.25. The molecule has 41 heavy (non-hydrogen) atoms. The summed E-state index contributed by atoms with van der Waals surface area (Å²) >= 11 is 0. The minimum absolute atomic E-state index is 0.0235. The Kier molecular flexibility index (Phi) is 7.13. The number of Topliss-reactive ketones (excluding diaryl/α,β-unsaturated/α-hetero) is 3. The topological polar surface area (TPSA) is 186 Å². The van der Waals surface area contributed by atoms with Crippen molar-refractivity contribution in [3.63, 3.8) is 0 Å². The number of aromatic nitrogens is 1. The van der Waals surface area contributed by atoms with Crippen LogP contribution in [0.25, 0.3) is 0 Å². The Bertz CT molecular complexity index is 1430. The van der Waals surface area contributed by atoms with Gasteiger partial charge in [-0.25, -0.2) is 4.98 Å². The average Bonchev–Trinajstić information content (AvgIpc) is 2.90. The van der Waals surface area contributed by atoms with Gasteiger partial charge in [0.2, 0.25) is 5.91 Å². The maximum atomic E-state index is 14.1. The molecule has 2 aromatic rings. The predicted molar refractivity (Wildman–Crippen MR) is 148 cm³/mol. The van der Waals surface area contributed by atoms with Crippen molar-refractivity contribution < 1.29 is 34.5 Å². The monoisotopic (exact) mass is 565 g/mol. The van der Waals surface area contributed by atoms with Crippen LogP contribution in [0.5, 0.6) is 5.75 Å². The third-order valence-corrected chi connectivity index (χ3v) is 8.95. The van der Waals surface area contributed by atoms with Crippen molar-refractivity contribution in [2.75, 3.05) is 38.4 Å². The van der Waals surface area contributed by atoms with Crippen LogP contribution in [0.2, 0.25) is 0 Å². The second kappa shape index (κ2) is 10.2. The molecule has 0 spiro atoms. The van der Waals surface area contributed by atoms with E-state index in [1.807, 2.05) is 19.0 Å². The number of ketones is 3. The molecule has 5 rings (SSSR count). The van der Waals surface area contributed by atoms with Gasteiger partial charge in [0.1, 0.15) is 17.5 Å². The molecule has 2 fully saturated rings. The molecule has 6 N–H and O–H groups in total. The maximum absolute atomic E-state index is 14.1. The lowest BCUT2D eigenvalue weighted by Gasteiger charge is -2.55. The molecular weight excluding hydrogens is 530 g/mol. The first kappa shape index (κ1) is 28.7. The summed E-state index contributed by atoms with van der Waals surface area (Å²) in [5, 5.41) is 37.2. The van der Waals surface area contributed by atoms with E-state index < -0.39 is 64.7 Å². The summed E-state index contributed by atoms with van der Waals surface area (Å²) in [5.41, 5.74) is 4.38. The molecular formula is C29H35N5O7. The molecule has 3 aliphatic carbocycles. The van der Waals surface area contributed by atoms with Gasteiger partial charge in [0.05, 0.1) is 17.6 Å². The second-order valence-electron chi connectivity index (χ2n) is 11.7. The predicted octanol–water partition coefficient (Wildman–Crippen LogP) is -0.268. The van der Waals surface area contributed by atoms with Gasteiger partial charge in [-0.05, 0) is 56.6 Å². The van der Waals surface area contributed by atoms with E-state index in [1.165, 1.54) is 0 Å². The zero-order chi connectivity index (χ0) is 30.0. The fourth-order valence-corrected chi connectivity index (χ4v) is 7.11. The van der Waals surface area contributed by atoms with Gasteiger partial charge in [0.15, 0.2) is 23.0 Å². The number of hydrogen-bond acceptors (Lipinski definition) is 11. The molecule has 0 bridgehead atoms. The molecule has 1 heterocycles. The zero-order valence-corrected chi connectivity index (χ0v) is 23.4. The lowest BCUT2D eigenvalue weighted by atomic mass is 9.52. The van der Waals surface area contributed by atoms with Crippen LogP contribution in [-0.2, 0) is 27.3 Å². The summed E-state index contributed by atoms with van der Waals surface area (Å²) in [6, 6.07) is 6.17. The van der Waals surface area contributed by atoms with E-state index in [-0.39, 0.29) is 30.7 Å². The van der Waals surface area contributed by atoms with Gasteiger partial charge in [-0.15, -0.1) is 0 Å². The molecule has 1 aromatic carbocycles. The Balaban J connectivity index is 1.60. The number of pyridine rings is 1. The number of phenolic OH excluding ortho intramolecular Hbond substituents is 1. The highest BCUT2D eigenvalue weighted by Crippen LogP contribution is 2.52. The number of hydrogen-bond donors (Lipinski definition) is 5. The molecule has 0 aliphatic heterocycles. The van der Waals surface area contributed by atoms with Gasteiger partial charge in [-0.3, -0.25) is 19.2 Å². The second-order valence-corrected chi connectivity index (χ2v) is 11.7. The SMILES string of the molecule is CN(C)c1cc(CNc2ccccn2)c(O)c2c1C[C@@H]1C[C@@H]3[C@@H](N(C)C)C(O)C(C(N)=O)C(=O)[C@]3(O)C(=O)C1C2=O. The van der Waals surface area contributed by atoms with Crippen LogP contribution in [-0.4, -0.2) is 94.4 Å². The maximum Gasteiger partial charge on any atom is 0.230 e. The van der Waals surface area contributed by atoms with E-state index in [9.17, 15) is 34.5 Å². The standard InChI is InChI=1S/C29H35N5O7/c1-33(2)17-11-14(12-32-18-7-5-6-8-31-18)23(35)20-15(17)9-13-10-16-22(34(3)4)25(37)21(28(30)40)27(39)29(16,41)26(38)19(13)24(20)36/h5-8,11,13,16,19,21-22,25,35,37,41H,9-10,12H2,1-4H3,(H2,30,40)(H,31,32)/t13-,16-,19?,21?,22-,25?,29-/m1/s1. The molecule has 0 radical (unpaired) electrons. The highest BCUT2D eigenvalue weighted by Gasteiger charge is 2.69. The number of carbonyl (C=O) groups is 4. The fourth-order valence-electron chi connectivity index (χ4n) is 7.11. The van der Waals surface area contributed by atoms with Crippen LogP contribution in [0.4, 0.5) is 11.5 Å². The molecule has 2 saturated carbocycles. The number of amides is 1. The first-order valence-corrected chi connectivity index (χ1v) is 13.5. The number of primary amides is 1. The highest BCUT2D eigenvalue weighted by atomic mass is 16.3. The summed E-state index contributed by atoms with van der Waals surface area (Å²) < 4.78 is 0. The number of benzene rings is 1. The van der Waals surface area contributed by atoms with Crippen molar-refractivity contribution in [3.8, 4) is 5.75 Å². The van der Waals surface area contributed by atoms with Gasteiger partial charge >= 0.3 is 0 Å². The van der Waals surface area contributed by atoms with Gasteiger partial charge in [-0.2, -0.15) is 0 Å². The lowest BCUT2D eigenvalue weighted by Crippen LogP contribution is -2.75. The number of aromatic hydroxyl groups is 1. The Morgan fingerprint density at radius 2 is 1.88 bits per heavy atom. The van der Waals surface area contributed by atoms with Crippen molar-refractivity contribution in [2.24, 2.45) is 29.4 Å². The number of aliphatic hydroxyl groups excluding tert-OH is 1. The molecule has 1 aromatic heterocycles. The van der Waals surface area contributed by atoms with E-state index in [4.69, 9.17) is 5.73 Å². The largest absolute Gasteiger partial charge is 0.507 e. The first-order chi connectivity index (χ1) is 19.3. The number of anilines is 2. The van der Waals surface area contributed by atoms with Crippen LogP contribution in [0.15, 0.2) is 30.5 Å². The van der Waals surface area contributed by atoms with Crippen LogP contribution in [0.3, 0.4) is 0 Å². The van der Waals surface area contributed by atoms with Crippen molar-refractivity contribution >= 4 is 34.8 Å². The van der Waals surface area contributed by atoms with Gasteiger partial charge in [-0.1, -0.05) is 6.07 Å². The molecule has 7 atom stereocenters. The van der Waals surface area contributed by atoms with Crippen LogP contribution in [0.1, 0.15) is 27.9 Å². The summed E-state index contributed by atoms with van der Waals surface area (Å²) in [4.78, 5) is 61.5.